The lowest BCUT2D eigenvalue weighted by Gasteiger charge is -2.49. The van der Waals surface area contributed by atoms with Crippen molar-refractivity contribution in [1.29, 1.82) is 0 Å². The maximum atomic E-state index is 14.6. The highest BCUT2D eigenvalue weighted by molar-refractivity contribution is 6.32. The predicted molar refractivity (Wildman–Crippen MR) is 177 cm³/mol. The number of benzene rings is 3. The van der Waals surface area contributed by atoms with Gasteiger partial charge in [0.15, 0.2) is 0 Å². The average Bonchev–Trinajstić information content (AvgIpc) is 3.41. The van der Waals surface area contributed by atoms with Crippen molar-refractivity contribution in [1.82, 2.24) is 0 Å². The van der Waals surface area contributed by atoms with Gasteiger partial charge in [0.2, 0.25) is 23.6 Å². The molecule has 3 fully saturated rings. The highest BCUT2D eigenvalue weighted by atomic mass is 35.5. The van der Waals surface area contributed by atoms with Gasteiger partial charge in [0, 0.05) is 16.5 Å². The van der Waals surface area contributed by atoms with E-state index in [0.29, 0.717) is 28.3 Å². The number of aryl methyl sites for hydroxylation is 1. The van der Waals surface area contributed by atoms with E-state index in [0.717, 1.165) is 22.1 Å². The summed E-state index contributed by atoms with van der Waals surface area (Å²) in [5.74, 6) is -6.21. The minimum Gasteiger partial charge on any atom is -0.507 e. The number of anilines is 2. The van der Waals surface area contributed by atoms with Crippen LogP contribution in [0.5, 0.6) is 5.75 Å². The Labute approximate surface area is 281 Å². The van der Waals surface area contributed by atoms with E-state index < -0.39 is 52.6 Å². The summed E-state index contributed by atoms with van der Waals surface area (Å²) in [4.78, 5) is 59.3. The highest BCUT2D eigenvalue weighted by Crippen LogP contribution is 2.64. The Hall–Kier alpha value is -4.27. The maximum Gasteiger partial charge on any atom is 0.241 e. The van der Waals surface area contributed by atoms with E-state index in [-0.39, 0.29) is 41.1 Å². The Kier molecular flexibility index (Phi) is 7.45. The van der Waals surface area contributed by atoms with E-state index in [1.807, 2.05) is 13.0 Å². The summed E-state index contributed by atoms with van der Waals surface area (Å²) in [5, 5.41) is 11.8. The highest BCUT2D eigenvalue weighted by Gasteiger charge is 2.68. The molecule has 4 amide bonds. The number of amides is 4. The molecule has 0 radical (unpaired) electrons. The number of aromatic hydroxyl groups is 1. The molecule has 1 N–H and O–H groups in total. The Balaban J connectivity index is 1.39. The van der Waals surface area contributed by atoms with E-state index in [9.17, 15) is 28.7 Å². The number of nitrogens with zero attached hydrogens (tertiary/aromatic N) is 2. The average molecular weight is 674 g/mol. The van der Waals surface area contributed by atoms with Crippen molar-refractivity contribution in [3.63, 3.8) is 0 Å². The zero-order valence-corrected chi connectivity index (χ0v) is 27.2. The lowest BCUT2D eigenvalue weighted by molar-refractivity contribution is -0.131. The van der Waals surface area contributed by atoms with Gasteiger partial charge in [0.25, 0.3) is 0 Å². The number of halogens is 3. The van der Waals surface area contributed by atoms with Gasteiger partial charge in [0.1, 0.15) is 11.6 Å². The van der Waals surface area contributed by atoms with Gasteiger partial charge in [-0.15, -0.1) is 6.58 Å². The van der Waals surface area contributed by atoms with Gasteiger partial charge in [0.05, 0.1) is 39.6 Å². The first-order chi connectivity index (χ1) is 22.4. The number of allylic oxidation sites excluding steroid dienone is 3. The molecular weight excluding hydrogens is 642 g/mol. The van der Waals surface area contributed by atoms with Crippen LogP contribution in [0.3, 0.4) is 0 Å². The third-order valence-electron chi connectivity index (χ3n) is 10.7. The van der Waals surface area contributed by atoms with Crippen LogP contribution in [0.2, 0.25) is 10.0 Å². The largest absolute Gasteiger partial charge is 0.507 e. The molecule has 2 saturated heterocycles. The minimum absolute atomic E-state index is 0.0191. The molecule has 0 spiro atoms. The SMILES string of the molecule is C=CCc1cccc(C2C3=CCC4C(=O)N(c5ccc(C)c(Cl)c5)C(=O)C4C3CC3C(=O)N(c4ccc(F)c(Cl)c4)C(=O)C32C)c1O. The van der Waals surface area contributed by atoms with Crippen LogP contribution in [0.4, 0.5) is 15.8 Å². The fourth-order valence-electron chi connectivity index (χ4n) is 8.37. The van der Waals surface area contributed by atoms with Gasteiger partial charge < -0.3 is 5.11 Å². The second-order valence-corrected chi connectivity index (χ2v) is 13.9. The van der Waals surface area contributed by atoms with Crippen molar-refractivity contribution in [3.05, 3.63) is 111 Å². The second kappa shape index (κ2) is 11.2. The number of phenols is 1. The first-order valence-electron chi connectivity index (χ1n) is 15.5. The predicted octanol–water partition coefficient (Wildman–Crippen LogP) is 7.31. The first kappa shape index (κ1) is 31.3. The lowest BCUT2D eigenvalue weighted by atomic mass is 9.51. The van der Waals surface area contributed by atoms with E-state index in [2.05, 4.69) is 6.58 Å². The van der Waals surface area contributed by atoms with E-state index in [4.69, 9.17) is 23.2 Å². The first-order valence-corrected chi connectivity index (χ1v) is 16.2. The van der Waals surface area contributed by atoms with Crippen molar-refractivity contribution >= 4 is 58.2 Å². The quantitative estimate of drug-likeness (QED) is 0.227. The molecule has 6 unspecified atom stereocenters. The van der Waals surface area contributed by atoms with Gasteiger partial charge in [-0.05, 0) is 80.5 Å². The Morgan fingerprint density at radius 2 is 1.66 bits per heavy atom. The summed E-state index contributed by atoms with van der Waals surface area (Å²) in [6.45, 7) is 7.35. The number of fused-ring (bicyclic) bond motifs is 4. The molecule has 0 aromatic heterocycles. The fourth-order valence-corrected chi connectivity index (χ4v) is 8.72. The fraction of sp³-hybridized carbons (Fsp3) is 0.297. The number of carbonyl (C=O) groups excluding carboxylic acids is 4. The van der Waals surface area contributed by atoms with Crippen LogP contribution in [0.25, 0.3) is 0 Å². The van der Waals surface area contributed by atoms with Crippen molar-refractivity contribution < 1.29 is 28.7 Å². The van der Waals surface area contributed by atoms with Crippen LogP contribution in [-0.2, 0) is 25.6 Å². The number of hydrogen-bond donors (Lipinski definition) is 1. The maximum absolute atomic E-state index is 14.6. The van der Waals surface area contributed by atoms with Crippen LogP contribution in [0.15, 0.2) is 78.9 Å². The molecule has 2 aliphatic carbocycles. The molecular formula is C37H31Cl2FN2O5. The zero-order chi connectivity index (χ0) is 33.5. The normalized spacial score (nSPS) is 28.3. The molecule has 7 rings (SSSR count). The van der Waals surface area contributed by atoms with Crippen LogP contribution < -0.4 is 9.80 Å². The summed E-state index contributed by atoms with van der Waals surface area (Å²) in [7, 11) is 0. The van der Waals surface area contributed by atoms with Crippen LogP contribution in [0.1, 0.15) is 42.4 Å². The van der Waals surface area contributed by atoms with Gasteiger partial charge in [-0.1, -0.05) is 65.2 Å². The molecule has 240 valence electrons. The zero-order valence-electron chi connectivity index (χ0n) is 25.7. The Morgan fingerprint density at radius 1 is 0.957 bits per heavy atom. The molecule has 2 aliphatic heterocycles. The molecule has 6 atom stereocenters. The van der Waals surface area contributed by atoms with E-state index in [1.54, 1.807) is 49.4 Å². The molecule has 1 saturated carbocycles. The van der Waals surface area contributed by atoms with Gasteiger partial charge >= 0.3 is 0 Å². The third kappa shape index (κ3) is 4.45. The number of carbonyl (C=O) groups is 4. The van der Waals surface area contributed by atoms with Gasteiger partial charge in [-0.3, -0.25) is 19.2 Å². The summed E-state index contributed by atoms with van der Waals surface area (Å²) < 4.78 is 14.1. The molecule has 2 heterocycles. The molecule has 10 heteroatoms. The van der Waals surface area contributed by atoms with Gasteiger partial charge in [-0.25, -0.2) is 14.2 Å². The topological polar surface area (TPSA) is 95.0 Å². The number of imide groups is 2. The molecule has 4 aliphatic rings. The van der Waals surface area contributed by atoms with Crippen molar-refractivity contribution in [2.45, 2.75) is 39.0 Å². The number of rotatable bonds is 5. The molecule has 0 bridgehead atoms. The van der Waals surface area contributed by atoms with Crippen molar-refractivity contribution in [2.24, 2.45) is 29.1 Å². The number of hydrogen-bond acceptors (Lipinski definition) is 5. The third-order valence-corrected chi connectivity index (χ3v) is 11.4. The summed E-state index contributed by atoms with van der Waals surface area (Å²) in [6, 6.07) is 14.0. The van der Waals surface area contributed by atoms with Crippen molar-refractivity contribution in [3.8, 4) is 5.75 Å². The molecule has 3 aromatic rings. The van der Waals surface area contributed by atoms with Crippen LogP contribution >= 0.6 is 23.2 Å². The van der Waals surface area contributed by atoms with Gasteiger partial charge in [-0.2, -0.15) is 0 Å². The smallest absolute Gasteiger partial charge is 0.241 e. The number of phenolic OH excluding ortho intramolecular Hbond substituents is 1. The van der Waals surface area contributed by atoms with Crippen LogP contribution in [0, 0.1) is 41.8 Å². The van der Waals surface area contributed by atoms with E-state index >= 15 is 0 Å². The number of para-hydroxylation sites is 1. The second-order valence-electron chi connectivity index (χ2n) is 13.1. The Morgan fingerprint density at radius 3 is 2.36 bits per heavy atom. The molecule has 7 nitrogen and oxygen atoms in total. The standard InChI is InChI=1S/C37H31Cl2FN2O5/c1-4-6-19-7-5-8-24(32(19)43)31-22-12-13-23-30(35(46)41(33(23)44)20-10-9-18(2)27(38)15-20)25(22)17-26-34(45)42(36(47)37(26,31)3)21-11-14-29(40)28(39)16-21/h4-5,7-12,14-16,23,25-26,30-31,43H,1,6,13,17H2,2-3H3. The lowest BCUT2D eigenvalue weighted by Crippen LogP contribution is -2.49. The summed E-state index contributed by atoms with van der Waals surface area (Å²) >= 11 is 12.5. The monoisotopic (exact) mass is 672 g/mol. The van der Waals surface area contributed by atoms with Crippen LogP contribution in [-0.4, -0.2) is 28.7 Å². The van der Waals surface area contributed by atoms with Crippen molar-refractivity contribution in [2.75, 3.05) is 9.80 Å². The minimum atomic E-state index is -1.38. The van der Waals surface area contributed by atoms with E-state index in [1.165, 1.54) is 17.0 Å². The summed E-state index contributed by atoms with van der Waals surface area (Å²) in [5.41, 5.74) is 1.72. The molecule has 47 heavy (non-hydrogen) atoms. The Bertz CT molecular complexity index is 1960. The summed E-state index contributed by atoms with van der Waals surface area (Å²) in [6.07, 6.45) is 4.33. The molecule has 3 aromatic carbocycles.